The molecule has 1 aliphatic heterocycles. The van der Waals surface area contributed by atoms with Crippen molar-refractivity contribution < 1.29 is 14.3 Å². The lowest BCUT2D eigenvalue weighted by molar-refractivity contribution is -0.121. The summed E-state index contributed by atoms with van der Waals surface area (Å²) in [5.74, 6) is 1.51. The zero-order valence-electron chi connectivity index (χ0n) is 13.5. The van der Waals surface area contributed by atoms with Crippen molar-refractivity contribution >= 4 is 32.7 Å². The largest absolute Gasteiger partial charge is 0.454 e. The van der Waals surface area contributed by atoms with E-state index in [9.17, 15) is 4.79 Å². The number of nitrogens with zero attached hydrogens (tertiary/aromatic N) is 1. The second-order valence-electron chi connectivity index (χ2n) is 5.93. The lowest BCUT2D eigenvalue weighted by Crippen LogP contribution is -2.23. The first-order valence-electron chi connectivity index (χ1n) is 8.09. The number of benzene rings is 2. The van der Waals surface area contributed by atoms with Crippen LogP contribution >= 0.6 is 15.9 Å². The zero-order valence-corrected chi connectivity index (χ0v) is 15.1. The summed E-state index contributed by atoms with van der Waals surface area (Å²) in [5.41, 5.74) is 2.12. The van der Waals surface area contributed by atoms with Gasteiger partial charge in [-0.3, -0.25) is 4.79 Å². The van der Waals surface area contributed by atoms with E-state index in [1.54, 1.807) is 0 Å². The van der Waals surface area contributed by atoms with Crippen LogP contribution in [0.3, 0.4) is 0 Å². The molecule has 0 bridgehead atoms. The number of amides is 1. The Morgan fingerprint density at radius 2 is 2.00 bits per heavy atom. The molecule has 0 radical (unpaired) electrons. The van der Waals surface area contributed by atoms with Gasteiger partial charge in [0, 0.05) is 35.7 Å². The first-order chi connectivity index (χ1) is 12.2. The van der Waals surface area contributed by atoms with Gasteiger partial charge in [0.25, 0.3) is 0 Å². The van der Waals surface area contributed by atoms with Gasteiger partial charge in [-0.25, -0.2) is 0 Å². The molecule has 5 nitrogen and oxygen atoms in total. The third kappa shape index (κ3) is 3.49. The molecule has 0 aliphatic carbocycles. The van der Waals surface area contributed by atoms with Gasteiger partial charge in [0.2, 0.25) is 12.7 Å². The van der Waals surface area contributed by atoms with Gasteiger partial charge in [-0.2, -0.15) is 0 Å². The van der Waals surface area contributed by atoms with Gasteiger partial charge >= 0.3 is 0 Å². The average molecular weight is 401 g/mol. The van der Waals surface area contributed by atoms with Crippen LogP contribution in [-0.4, -0.2) is 17.3 Å². The molecule has 1 aromatic heterocycles. The quantitative estimate of drug-likeness (QED) is 0.707. The molecule has 2 heterocycles. The summed E-state index contributed by atoms with van der Waals surface area (Å²) >= 11 is 3.49. The second kappa shape index (κ2) is 6.80. The molecule has 0 atom stereocenters. The zero-order chi connectivity index (χ0) is 17.2. The number of aromatic nitrogens is 1. The van der Waals surface area contributed by atoms with Crippen LogP contribution in [0.25, 0.3) is 10.9 Å². The summed E-state index contributed by atoms with van der Waals surface area (Å²) in [6.07, 6.45) is 2.45. The van der Waals surface area contributed by atoms with Crippen molar-refractivity contribution in [3.05, 3.63) is 58.7 Å². The SMILES string of the molecule is O=C(CCn1ccc2ccc(Br)cc21)NCc1ccc2c(c1)OCO2. The molecule has 0 unspecified atom stereocenters. The molecule has 6 heteroatoms. The maximum atomic E-state index is 12.2. The summed E-state index contributed by atoms with van der Waals surface area (Å²) < 4.78 is 13.8. The van der Waals surface area contributed by atoms with Crippen LogP contribution in [0.4, 0.5) is 0 Å². The van der Waals surface area contributed by atoms with Gasteiger partial charge < -0.3 is 19.4 Å². The molecule has 128 valence electrons. The fraction of sp³-hybridized carbons (Fsp3) is 0.211. The number of ether oxygens (including phenoxy) is 2. The number of hydrogen-bond acceptors (Lipinski definition) is 3. The molecule has 0 fully saturated rings. The minimum absolute atomic E-state index is 0.0227. The van der Waals surface area contributed by atoms with Crippen LogP contribution in [0.15, 0.2) is 53.1 Å². The first-order valence-corrected chi connectivity index (χ1v) is 8.88. The van der Waals surface area contributed by atoms with Crippen LogP contribution < -0.4 is 14.8 Å². The molecule has 1 N–H and O–H groups in total. The monoisotopic (exact) mass is 400 g/mol. The predicted molar refractivity (Wildman–Crippen MR) is 98.7 cm³/mol. The normalized spacial score (nSPS) is 12.5. The van der Waals surface area contributed by atoms with Crippen molar-refractivity contribution in [3.63, 3.8) is 0 Å². The number of carbonyl (C=O) groups is 1. The number of carbonyl (C=O) groups excluding carboxylic acids is 1. The standard InChI is InChI=1S/C19H17BrN2O3/c20-15-3-2-14-5-7-22(16(14)10-15)8-6-19(23)21-11-13-1-4-17-18(9-13)25-12-24-17/h1-5,7,9-10H,6,8,11-12H2,(H,21,23). The maximum Gasteiger partial charge on any atom is 0.231 e. The smallest absolute Gasteiger partial charge is 0.231 e. The molecule has 0 saturated heterocycles. The van der Waals surface area contributed by atoms with Gasteiger partial charge in [-0.15, -0.1) is 0 Å². The Morgan fingerprint density at radius 3 is 2.92 bits per heavy atom. The summed E-state index contributed by atoms with van der Waals surface area (Å²) in [5, 5.41) is 4.12. The van der Waals surface area contributed by atoms with Crippen LogP contribution in [0, 0.1) is 0 Å². The topological polar surface area (TPSA) is 52.5 Å². The van der Waals surface area contributed by atoms with Crippen LogP contribution in [0.1, 0.15) is 12.0 Å². The van der Waals surface area contributed by atoms with E-state index in [4.69, 9.17) is 9.47 Å². The fourth-order valence-electron chi connectivity index (χ4n) is 2.91. The van der Waals surface area contributed by atoms with Crippen molar-refractivity contribution in [2.45, 2.75) is 19.5 Å². The van der Waals surface area contributed by atoms with E-state index in [1.165, 1.54) is 5.39 Å². The van der Waals surface area contributed by atoms with E-state index in [2.05, 4.69) is 44.0 Å². The van der Waals surface area contributed by atoms with Crippen molar-refractivity contribution in [1.29, 1.82) is 0 Å². The number of nitrogens with one attached hydrogen (secondary N) is 1. The molecule has 0 spiro atoms. The average Bonchev–Trinajstić information content (AvgIpc) is 3.24. The van der Waals surface area contributed by atoms with Crippen molar-refractivity contribution in [3.8, 4) is 11.5 Å². The van der Waals surface area contributed by atoms with E-state index in [0.717, 1.165) is 27.1 Å². The van der Waals surface area contributed by atoms with Gasteiger partial charge in [0.1, 0.15) is 0 Å². The third-order valence-corrected chi connectivity index (χ3v) is 4.74. The molecule has 2 aromatic carbocycles. The van der Waals surface area contributed by atoms with Crippen molar-refractivity contribution in [1.82, 2.24) is 9.88 Å². The summed E-state index contributed by atoms with van der Waals surface area (Å²) in [4.78, 5) is 12.2. The Morgan fingerprint density at radius 1 is 1.12 bits per heavy atom. The van der Waals surface area contributed by atoms with Crippen molar-refractivity contribution in [2.75, 3.05) is 6.79 Å². The molecule has 4 rings (SSSR count). The van der Waals surface area contributed by atoms with Gasteiger partial charge in [-0.1, -0.05) is 28.1 Å². The van der Waals surface area contributed by atoms with E-state index in [0.29, 0.717) is 19.5 Å². The second-order valence-corrected chi connectivity index (χ2v) is 6.84. The number of aryl methyl sites for hydroxylation is 1. The highest BCUT2D eigenvalue weighted by Gasteiger charge is 2.13. The predicted octanol–water partition coefficient (Wildman–Crippen LogP) is 3.84. The molecule has 1 amide bonds. The Balaban J connectivity index is 1.33. The maximum absolute atomic E-state index is 12.2. The Labute approximate surface area is 153 Å². The van der Waals surface area contributed by atoms with E-state index in [-0.39, 0.29) is 12.7 Å². The molecule has 25 heavy (non-hydrogen) atoms. The molecular weight excluding hydrogens is 384 g/mol. The Bertz CT molecular complexity index is 936. The first kappa shape index (κ1) is 16.0. The third-order valence-electron chi connectivity index (χ3n) is 4.24. The van der Waals surface area contributed by atoms with Gasteiger partial charge in [0.15, 0.2) is 11.5 Å². The summed E-state index contributed by atoms with van der Waals surface area (Å²) in [6.45, 7) is 1.38. The van der Waals surface area contributed by atoms with Crippen molar-refractivity contribution in [2.24, 2.45) is 0 Å². The van der Waals surface area contributed by atoms with E-state index >= 15 is 0 Å². The number of hydrogen-bond donors (Lipinski definition) is 1. The van der Waals surface area contributed by atoms with Gasteiger partial charge in [0.05, 0.1) is 0 Å². The highest BCUT2D eigenvalue weighted by Crippen LogP contribution is 2.32. The number of fused-ring (bicyclic) bond motifs is 2. The van der Waals surface area contributed by atoms with Crippen LogP contribution in [0.5, 0.6) is 11.5 Å². The van der Waals surface area contributed by atoms with E-state index < -0.39 is 0 Å². The van der Waals surface area contributed by atoms with Crippen LogP contribution in [0.2, 0.25) is 0 Å². The molecule has 0 saturated carbocycles. The summed E-state index contributed by atoms with van der Waals surface area (Å²) in [7, 11) is 0. The number of rotatable bonds is 5. The molecule has 1 aliphatic rings. The lowest BCUT2D eigenvalue weighted by atomic mass is 10.2. The fourth-order valence-corrected chi connectivity index (χ4v) is 3.26. The summed E-state index contributed by atoms with van der Waals surface area (Å²) in [6, 6.07) is 13.9. The Hall–Kier alpha value is -2.47. The number of halogens is 1. The lowest BCUT2D eigenvalue weighted by Gasteiger charge is -2.08. The highest BCUT2D eigenvalue weighted by atomic mass is 79.9. The highest BCUT2D eigenvalue weighted by molar-refractivity contribution is 9.10. The molecule has 3 aromatic rings. The van der Waals surface area contributed by atoms with E-state index in [1.807, 2.05) is 30.5 Å². The Kier molecular flexibility index (Phi) is 4.36. The molecular formula is C19H17BrN2O3. The van der Waals surface area contributed by atoms with Crippen LogP contribution in [-0.2, 0) is 17.9 Å². The van der Waals surface area contributed by atoms with Gasteiger partial charge in [-0.05, 0) is 41.3 Å². The minimum Gasteiger partial charge on any atom is -0.454 e. The minimum atomic E-state index is 0.0227.